The molecule has 0 spiro atoms. The highest BCUT2D eigenvalue weighted by atomic mass is 31.2. The highest BCUT2D eigenvalue weighted by molar-refractivity contribution is 7.51. The van der Waals surface area contributed by atoms with Crippen molar-refractivity contribution in [3.8, 4) is 0 Å². The Morgan fingerprint density at radius 2 is 0.886 bits per heavy atom. The first kappa shape index (κ1) is 32.2. The summed E-state index contributed by atoms with van der Waals surface area (Å²) in [5.41, 5.74) is 3.83. The third-order valence-electron chi connectivity index (χ3n) is 7.40. The normalized spacial score (nSPS) is 22.1. The summed E-state index contributed by atoms with van der Waals surface area (Å²) in [6, 6.07) is 38.9. The number of hydrogen-bond acceptors (Lipinski definition) is 6. The van der Waals surface area contributed by atoms with Crippen molar-refractivity contribution >= 4 is 7.60 Å². The third kappa shape index (κ3) is 9.92. The molecule has 44 heavy (non-hydrogen) atoms. The molecule has 9 heteroatoms. The monoisotopic (exact) mass is 618 g/mol. The van der Waals surface area contributed by atoms with Crippen LogP contribution in [0.1, 0.15) is 22.3 Å². The molecule has 8 nitrogen and oxygen atoms in total. The van der Waals surface area contributed by atoms with Gasteiger partial charge in [-0.2, -0.15) is 0 Å². The van der Waals surface area contributed by atoms with Crippen LogP contribution in [0, 0.1) is 0 Å². The summed E-state index contributed by atoms with van der Waals surface area (Å²) in [7, 11) is -4.50. The first-order valence-electron chi connectivity index (χ1n) is 14.7. The minimum absolute atomic E-state index is 0.128. The van der Waals surface area contributed by atoms with Crippen molar-refractivity contribution < 1.29 is 38.0 Å². The summed E-state index contributed by atoms with van der Waals surface area (Å²) >= 11 is 0. The molecule has 5 atom stereocenters. The van der Waals surface area contributed by atoms with Gasteiger partial charge >= 0.3 is 7.60 Å². The molecule has 1 saturated heterocycles. The van der Waals surface area contributed by atoms with E-state index in [9.17, 15) is 14.4 Å². The van der Waals surface area contributed by atoms with Crippen LogP contribution in [0.4, 0.5) is 0 Å². The van der Waals surface area contributed by atoms with Crippen LogP contribution in [0.15, 0.2) is 121 Å². The summed E-state index contributed by atoms with van der Waals surface area (Å²) in [6.45, 7) is 1.21. The van der Waals surface area contributed by atoms with E-state index in [2.05, 4.69) is 0 Å². The quantitative estimate of drug-likeness (QED) is 0.159. The lowest BCUT2D eigenvalue weighted by atomic mass is 9.94. The maximum atomic E-state index is 12.4. The van der Waals surface area contributed by atoms with Crippen LogP contribution < -0.4 is 0 Å². The Kier molecular flexibility index (Phi) is 11.9. The molecule has 0 bridgehead atoms. The summed E-state index contributed by atoms with van der Waals surface area (Å²) in [4.78, 5) is 20.1. The zero-order valence-corrected chi connectivity index (χ0v) is 25.4. The van der Waals surface area contributed by atoms with E-state index in [1.807, 2.05) is 121 Å². The second-order valence-corrected chi connectivity index (χ2v) is 12.5. The first-order valence-corrected chi connectivity index (χ1v) is 16.5. The highest BCUT2D eigenvalue weighted by Gasteiger charge is 2.50. The van der Waals surface area contributed by atoms with Gasteiger partial charge in [0, 0.05) is 0 Å². The van der Waals surface area contributed by atoms with Crippen molar-refractivity contribution in [1.82, 2.24) is 0 Å². The summed E-state index contributed by atoms with van der Waals surface area (Å²) < 4.78 is 44.4. The average Bonchev–Trinajstić information content (AvgIpc) is 3.04. The van der Waals surface area contributed by atoms with Crippen LogP contribution in [0.5, 0.6) is 0 Å². The van der Waals surface area contributed by atoms with Crippen molar-refractivity contribution in [2.24, 2.45) is 0 Å². The molecule has 5 unspecified atom stereocenters. The van der Waals surface area contributed by atoms with Gasteiger partial charge in [-0.15, -0.1) is 0 Å². The Balaban J connectivity index is 1.44. The van der Waals surface area contributed by atoms with Crippen molar-refractivity contribution in [1.29, 1.82) is 0 Å². The predicted molar refractivity (Wildman–Crippen MR) is 167 cm³/mol. The van der Waals surface area contributed by atoms with Gasteiger partial charge in [0.05, 0.1) is 45.3 Å². The topological polar surface area (TPSA) is 104 Å². The Bertz CT molecular complexity index is 1420. The number of ether oxygens (including phenoxy) is 5. The number of benzene rings is 4. The highest BCUT2D eigenvalue weighted by Crippen LogP contribution is 2.41. The Morgan fingerprint density at radius 1 is 0.523 bits per heavy atom. The fraction of sp³-hybridized carbons (Fsp3) is 0.314. The average molecular weight is 619 g/mol. The van der Waals surface area contributed by atoms with E-state index in [1.165, 1.54) is 0 Å². The maximum absolute atomic E-state index is 12.4. The molecule has 0 saturated carbocycles. The molecule has 2 N–H and O–H groups in total. The molecule has 0 aliphatic carbocycles. The lowest BCUT2D eigenvalue weighted by Crippen LogP contribution is -2.62. The van der Waals surface area contributed by atoms with Crippen molar-refractivity contribution in [3.63, 3.8) is 0 Å². The van der Waals surface area contributed by atoms with Crippen LogP contribution in [0.3, 0.4) is 0 Å². The van der Waals surface area contributed by atoms with Crippen LogP contribution in [-0.2, 0) is 54.7 Å². The fourth-order valence-corrected chi connectivity index (χ4v) is 6.03. The van der Waals surface area contributed by atoms with Crippen LogP contribution in [0.2, 0.25) is 0 Å². The molecule has 0 radical (unpaired) electrons. The lowest BCUT2D eigenvalue weighted by Gasteiger charge is -2.46. The molecule has 1 fully saturated rings. The Labute approximate surface area is 258 Å². The SMILES string of the molecule is O=P(O)(O)CC1OC(COCc2ccccc2)C(OCc2ccccc2)C(OCc2ccccc2)C1OCc1ccccc1. The van der Waals surface area contributed by atoms with E-state index in [4.69, 9.17) is 23.7 Å². The van der Waals surface area contributed by atoms with E-state index < -0.39 is 44.3 Å². The van der Waals surface area contributed by atoms with Gasteiger partial charge < -0.3 is 33.5 Å². The fourth-order valence-electron chi connectivity index (χ4n) is 5.27. The second kappa shape index (κ2) is 16.2. The Hall–Kier alpha value is -3.17. The van der Waals surface area contributed by atoms with Gasteiger partial charge in [-0.1, -0.05) is 121 Å². The van der Waals surface area contributed by atoms with E-state index in [-0.39, 0.29) is 26.4 Å². The third-order valence-corrected chi connectivity index (χ3v) is 8.23. The molecule has 4 aromatic carbocycles. The van der Waals surface area contributed by atoms with Crippen molar-refractivity contribution in [3.05, 3.63) is 144 Å². The summed E-state index contributed by atoms with van der Waals surface area (Å²) in [6.07, 6.45) is -4.41. The van der Waals surface area contributed by atoms with Crippen LogP contribution in [0.25, 0.3) is 0 Å². The number of rotatable bonds is 15. The minimum atomic E-state index is -4.50. The lowest BCUT2D eigenvalue weighted by molar-refractivity contribution is -0.268. The van der Waals surface area contributed by atoms with Gasteiger partial charge in [-0.25, -0.2) is 0 Å². The van der Waals surface area contributed by atoms with Crippen molar-refractivity contribution in [2.45, 2.75) is 56.9 Å². The smallest absolute Gasteiger partial charge is 0.328 e. The molecule has 4 aromatic rings. The van der Waals surface area contributed by atoms with E-state index in [0.717, 1.165) is 22.3 Å². The zero-order valence-electron chi connectivity index (χ0n) is 24.5. The standard InChI is InChI=1S/C35H39O8P/c36-44(37,38)26-32-34(41-23-29-17-9-3-10-18-29)35(42-24-30-19-11-4-12-20-30)33(40-22-28-15-7-2-8-16-28)31(43-32)25-39-21-27-13-5-1-6-14-27/h1-20,31-35H,21-26H2,(H2,36,37,38). The van der Waals surface area contributed by atoms with Gasteiger partial charge in [-0.3, -0.25) is 4.57 Å². The molecule has 5 rings (SSSR count). The second-order valence-electron chi connectivity index (χ2n) is 10.8. The molecular weight excluding hydrogens is 579 g/mol. The largest absolute Gasteiger partial charge is 0.374 e. The van der Waals surface area contributed by atoms with Gasteiger partial charge in [0.25, 0.3) is 0 Å². The van der Waals surface area contributed by atoms with Crippen molar-refractivity contribution in [2.75, 3.05) is 12.8 Å². The zero-order chi connectivity index (χ0) is 30.6. The van der Waals surface area contributed by atoms with E-state index in [1.54, 1.807) is 0 Å². The molecule has 1 heterocycles. The summed E-state index contributed by atoms with van der Waals surface area (Å²) in [5, 5.41) is 0. The van der Waals surface area contributed by atoms with E-state index in [0.29, 0.717) is 6.61 Å². The van der Waals surface area contributed by atoms with Crippen LogP contribution >= 0.6 is 7.60 Å². The van der Waals surface area contributed by atoms with Gasteiger partial charge in [0.2, 0.25) is 0 Å². The molecule has 1 aliphatic rings. The molecule has 1 aliphatic heterocycles. The van der Waals surface area contributed by atoms with Gasteiger partial charge in [0.15, 0.2) is 0 Å². The predicted octanol–water partition coefficient (Wildman–Crippen LogP) is 5.90. The minimum Gasteiger partial charge on any atom is -0.374 e. The molecule has 0 aromatic heterocycles. The Morgan fingerprint density at radius 3 is 1.30 bits per heavy atom. The first-order chi connectivity index (χ1) is 21.4. The molecule has 232 valence electrons. The van der Waals surface area contributed by atoms with E-state index >= 15 is 0 Å². The maximum Gasteiger partial charge on any atom is 0.328 e. The number of hydrogen-bond donors (Lipinski definition) is 2. The molecular formula is C35H39O8P. The summed E-state index contributed by atoms with van der Waals surface area (Å²) in [5.74, 6) is 0. The van der Waals surface area contributed by atoms with Crippen LogP contribution in [-0.4, -0.2) is 53.1 Å². The van der Waals surface area contributed by atoms with Gasteiger partial charge in [0.1, 0.15) is 24.4 Å². The van der Waals surface area contributed by atoms with Gasteiger partial charge in [-0.05, 0) is 22.3 Å². The molecule has 0 amide bonds.